The van der Waals surface area contributed by atoms with Crippen LogP contribution in [0.4, 0.5) is 0 Å². The van der Waals surface area contributed by atoms with Crippen molar-refractivity contribution in [2.24, 2.45) is 24.3 Å². The van der Waals surface area contributed by atoms with Crippen LogP contribution < -0.4 is 0 Å². The van der Waals surface area contributed by atoms with Gasteiger partial charge in [-0.3, -0.25) is 9.59 Å². The lowest BCUT2D eigenvalue weighted by molar-refractivity contribution is -0.137. The summed E-state index contributed by atoms with van der Waals surface area (Å²) >= 11 is 0. The monoisotopic (exact) mass is 342 g/mol. The highest BCUT2D eigenvalue weighted by Crippen LogP contribution is 2.51. The minimum Gasteiger partial charge on any atom is -0.342 e. The van der Waals surface area contributed by atoms with Gasteiger partial charge in [-0.1, -0.05) is 0 Å². The van der Waals surface area contributed by atoms with Crippen LogP contribution in [0.1, 0.15) is 43.7 Å². The molecule has 2 saturated carbocycles. The molecular weight excluding hydrogens is 316 g/mol. The van der Waals surface area contributed by atoms with E-state index in [9.17, 15) is 9.59 Å². The van der Waals surface area contributed by atoms with Crippen LogP contribution in [0.5, 0.6) is 0 Å². The molecular formula is C19H26N4O2. The van der Waals surface area contributed by atoms with Crippen LogP contribution in [0.25, 0.3) is 0 Å². The van der Waals surface area contributed by atoms with Crippen molar-refractivity contribution in [3.05, 3.63) is 18.2 Å². The first-order valence-corrected chi connectivity index (χ1v) is 9.63. The smallest absolute Gasteiger partial charge is 0.231 e. The van der Waals surface area contributed by atoms with Gasteiger partial charge >= 0.3 is 0 Å². The molecule has 6 heteroatoms. The van der Waals surface area contributed by atoms with E-state index in [0.717, 1.165) is 38.0 Å². The Morgan fingerprint density at radius 1 is 1.32 bits per heavy atom. The lowest BCUT2D eigenvalue weighted by Crippen LogP contribution is -2.41. The van der Waals surface area contributed by atoms with E-state index >= 15 is 0 Å². The van der Waals surface area contributed by atoms with Crippen molar-refractivity contribution in [3.8, 4) is 0 Å². The number of rotatable bonds is 4. The Labute approximate surface area is 148 Å². The molecule has 0 aromatic carbocycles. The molecule has 2 saturated heterocycles. The molecule has 0 bridgehead atoms. The van der Waals surface area contributed by atoms with Crippen molar-refractivity contribution in [1.82, 2.24) is 19.4 Å². The fourth-order valence-corrected chi connectivity index (χ4v) is 4.77. The molecule has 5 rings (SSSR count). The second-order valence-corrected chi connectivity index (χ2v) is 8.61. The minimum atomic E-state index is -0.451. The van der Waals surface area contributed by atoms with Crippen molar-refractivity contribution in [1.29, 1.82) is 0 Å². The van der Waals surface area contributed by atoms with Gasteiger partial charge in [-0.25, -0.2) is 4.98 Å². The van der Waals surface area contributed by atoms with E-state index in [1.54, 1.807) is 6.33 Å². The third-order valence-corrected chi connectivity index (χ3v) is 6.58. The molecule has 1 aromatic rings. The number of likely N-dealkylation sites (tertiary alicyclic amines) is 2. The molecule has 0 unspecified atom stereocenters. The SMILES string of the molecule is Cn1cnc([C@H]2CN(C(=O)C3CC3)C[C@@]23CCN(CC2CC2)C3=O)c1. The number of carbonyl (C=O) groups excluding carboxylic acids is 2. The maximum atomic E-state index is 13.4. The van der Waals surface area contributed by atoms with Gasteiger partial charge in [0.25, 0.3) is 0 Å². The Kier molecular flexibility index (Phi) is 3.28. The molecule has 134 valence electrons. The van der Waals surface area contributed by atoms with Crippen molar-refractivity contribution in [3.63, 3.8) is 0 Å². The number of aryl methyl sites for hydroxylation is 1. The largest absolute Gasteiger partial charge is 0.342 e. The van der Waals surface area contributed by atoms with Crippen molar-refractivity contribution in [2.75, 3.05) is 26.2 Å². The van der Waals surface area contributed by atoms with E-state index in [1.165, 1.54) is 12.8 Å². The molecule has 4 fully saturated rings. The first-order valence-electron chi connectivity index (χ1n) is 9.63. The van der Waals surface area contributed by atoms with E-state index in [1.807, 2.05) is 22.7 Å². The summed E-state index contributed by atoms with van der Waals surface area (Å²) in [5.74, 6) is 1.47. The molecule has 6 nitrogen and oxygen atoms in total. The highest BCUT2D eigenvalue weighted by molar-refractivity contribution is 5.89. The molecule has 4 aliphatic rings. The Morgan fingerprint density at radius 3 is 2.76 bits per heavy atom. The van der Waals surface area contributed by atoms with Gasteiger partial charge in [-0.15, -0.1) is 0 Å². The topological polar surface area (TPSA) is 58.4 Å². The molecule has 25 heavy (non-hydrogen) atoms. The summed E-state index contributed by atoms with van der Waals surface area (Å²) in [7, 11) is 1.96. The average molecular weight is 342 g/mol. The quantitative estimate of drug-likeness (QED) is 0.831. The number of aromatic nitrogens is 2. The molecule has 0 radical (unpaired) electrons. The number of hydrogen-bond acceptors (Lipinski definition) is 3. The normalized spacial score (nSPS) is 32.2. The fourth-order valence-electron chi connectivity index (χ4n) is 4.77. The van der Waals surface area contributed by atoms with Crippen LogP contribution in [-0.4, -0.2) is 57.3 Å². The maximum absolute atomic E-state index is 13.4. The molecule has 2 aliphatic carbocycles. The van der Waals surface area contributed by atoms with E-state index < -0.39 is 5.41 Å². The Hall–Kier alpha value is -1.85. The van der Waals surface area contributed by atoms with Crippen molar-refractivity contribution < 1.29 is 9.59 Å². The lowest BCUT2D eigenvalue weighted by atomic mass is 9.75. The second-order valence-electron chi connectivity index (χ2n) is 8.61. The van der Waals surface area contributed by atoms with E-state index in [-0.39, 0.29) is 23.7 Å². The summed E-state index contributed by atoms with van der Waals surface area (Å²) in [6, 6.07) is 0. The van der Waals surface area contributed by atoms with Gasteiger partial charge in [0, 0.05) is 51.3 Å². The van der Waals surface area contributed by atoms with Crippen LogP contribution in [0.3, 0.4) is 0 Å². The Morgan fingerprint density at radius 2 is 2.12 bits per heavy atom. The lowest BCUT2D eigenvalue weighted by Gasteiger charge is -2.27. The first-order chi connectivity index (χ1) is 12.1. The third-order valence-electron chi connectivity index (χ3n) is 6.58. The van der Waals surface area contributed by atoms with E-state index in [4.69, 9.17) is 0 Å². The third kappa shape index (κ3) is 2.49. The van der Waals surface area contributed by atoms with Crippen LogP contribution in [0.15, 0.2) is 12.5 Å². The van der Waals surface area contributed by atoms with Crippen LogP contribution in [0, 0.1) is 17.3 Å². The van der Waals surface area contributed by atoms with Crippen LogP contribution in [0.2, 0.25) is 0 Å². The summed E-state index contributed by atoms with van der Waals surface area (Å²) in [6.07, 6.45) is 9.22. The Bertz CT molecular complexity index is 721. The van der Waals surface area contributed by atoms with Gasteiger partial charge in [-0.05, 0) is 38.0 Å². The van der Waals surface area contributed by atoms with Gasteiger partial charge in [0.05, 0.1) is 17.4 Å². The van der Waals surface area contributed by atoms with E-state index in [0.29, 0.717) is 19.0 Å². The zero-order valence-electron chi connectivity index (χ0n) is 14.9. The predicted octanol–water partition coefficient (Wildman–Crippen LogP) is 1.38. The molecule has 0 N–H and O–H groups in total. The van der Waals surface area contributed by atoms with Crippen LogP contribution in [-0.2, 0) is 16.6 Å². The highest BCUT2D eigenvalue weighted by atomic mass is 16.2. The van der Waals surface area contributed by atoms with Gasteiger partial charge in [0.2, 0.25) is 11.8 Å². The van der Waals surface area contributed by atoms with Gasteiger partial charge < -0.3 is 14.4 Å². The van der Waals surface area contributed by atoms with Crippen LogP contribution >= 0.6 is 0 Å². The molecule has 2 aliphatic heterocycles. The standard InChI is InChI=1S/C19H26N4O2/c1-21-10-16(20-12-21)15-9-23(17(24)14-4-5-14)11-19(15)6-7-22(18(19)25)8-13-2-3-13/h10,12-15H,2-9,11H2,1H3/t15-,19+/m1/s1. The maximum Gasteiger partial charge on any atom is 0.231 e. The van der Waals surface area contributed by atoms with Gasteiger partial charge in [-0.2, -0.15) is 0 Å². The van der Waals surface area contributed by atoms with Gasteiger partial charge in [0.1, 0.15) is 0 Å². The van der Waals surface area contributed by atoms with Gasteiger partial charge in [0.15, 0.2) is 0 Å². The van der Waals surface area contributed by atoms with Crippen molar-refractivity contribution >= 4 is 11.8 Å². The molecule has 2 amide bonds. The summed E-state index contributed by atoms with van der Waals surface area (Å²) in [5.41, 5.74) is 0.517. The van der Waals surface area contributed by atoms with Crippen molar-refractivity contribution in [2.45, 2.75) is 38.0 Å². The zero-order chi connectivity index (χ0) is 17.2. The predicted molar refractivity (Wildman–Crippen MR) is 91.6 cm³/mol. The number of carbonyl (C=O) groups is 2. The average Bonchev–Trinajstić information content (AvgIpc) is 3.50. The van der Waals surface area contributed by atoms with E-state index in [2.05, 4.69) is 9.88 Å². The summed E-state index contributed by atoms with van der Waals surface area (Å²) in [4.78, 5) is 34.7. The number of hydrogen-bond donors (Lipinski definition) is 0. The Balaban J connectivity index is 1.45. The molecule has 2 atom stereocenters. The molecule has 1 spiro atoms. The summed E-state index contributed by atoms with van der Waals surface area (Å²) in [5, 5.41) is 0. The fraction of sp³-hybridized carbons (Fsp3) is 0.737. The minimum absolute atomic E-state index is 0.0353. The molecule has 1 aromatic heterocycles. The molecule has 3 heterocycles. The number of nitrogens with zero attached hydrogens (tertiary/aromatic N) is 4. The second kappa shape index (κ2) is 5.32. The summed E-state index contributed by atoms with van der Waals surface area (Å²) in [6.45, 7) is 2.98. The first kappa shape index (κ1) is 15.4. The summed E-state index contributed by atoms with van der Waals surface area (Å²) < 4.78 is 1.94. The zero-order valence-corrected chi connectivity index (χ0v) is 14.9. The highest BCUT2D eigenvalue weighted by Gasteiger charge is 2.59. The number of imidazole rings is 1. The number of amides is 2.